The number of allylic oxidation sites excluding steroid dienone is 11. The molecule has 2 aromatic rings. The Hall–Kier alpha value is -3.92. The molecule has 0 bridgehead atoms. The van der Waals surface area contributed by atoms with Crippen molar-refractivity contribution in [1.82, 2.24) is 10.3 Å². The van der Waals surface area contributed by atoms with Crippen LogP contribution in [-0.4, -0.2) is 16.0 Å². The van der Waals surface area contributed by atoms with Gasteiger partial charge >= 0.3 is 0 Å². The van der Waals surface area contributed by atoms with Gasteiger partial charge in [0.05, 0.1) is 0 Å². The van der Waals surface area contributed by atoms with Gasteiger partial charge in [0.2, 0.25) is 5.91 Å². The predicted molar refractivity (Wildman–Crippen MR) is 149 cm³/mol. The topological polar surface area (TPSA) is 62.2 Å². The lowest BCUT2D eigenvalue weighted by atomic mass is 9.72. The van der Waals surface area contributed by atoms with Crippen LogP contribution in [0.25, 0.3) is 5.57 Å². The summed E-state index contributed by atoms with van der Waals surface area (Å²) in [6.45, 7) is 11.2. The van der Waals surface area contributed by atoms with Gasteiger partial charge < -0.3 is 10.4 Å². The van der Waals surface area contributed by atoms with Gasteiger partial charge in [-0.3, -0.25) is 9.78 Å². The molecule has 0 saturated heterocycles. The van der Waals surface area contributed by atoms with E-state index < -0.39 is 0 Å². The molecule has 0 spiro atoms. The van der Waals surface area contributed by atoms with Crippen LogP contribution >= 0.6 is 0 Å². The maximum atomic E-state index is 12.2. The first-order valence-corrected chi connectivity index (χ1v) is 12.2. The first-order chi connectivity index (χ1) is 17.2. The van der Waals surface area contributed by atoms with Crippen molar-refractivity contribution in [2.75, 3.05) is 0 Å². The van der Waals surface area contributed by atoms with E-state index in [1.165, 1.54) is 16.7 Å². The van der Waals surface area contributed by atoms with Crippen LogP contribution in [0.2, 0.25) is 0 Å². The standard InChI is InChI=1S/C32H36N2O2/c1-23(8-6-9-24(2)20-31(36)34-21-26-12-14-28(35)15-13-26)11-16-30-25(3)29(17-18-32(30,4)5)27-10-7-19-33-22-27/h6-17,19-20,22,35H,18,21H2,1-5H3,(H,34,36)/b9-6+,16-11+,23-8+,24-20-. The van der Waals surface area contributed by atoms with E-state index in [1.54, 1.807) is 36.5 Å². The molecule has 0 radical (unpaired) electrons. The molecular weight excluding hydrogens is 444 g/mol. The van der Waals surface area contributed by atoms with Crippen molar-refractivity contribution < 1.29 is 9.90 Å². The zero-order chi connectivity index (χ0) is 26.1. The molecule has 186 valence electrons. The molecule has 1 aromatic heterocycles. The van der Waals surface area contributed by atoms with Crippen molar-refractivity contribution >= 4 is 11.5 Å². The highest BCUT2D eigenvalue weighted by Gasteiger charge is 2.27. The Morgan fingerprint density at radius 2 is 1.86 bits per heavy atom. The minimum absolute atomic E-state index is 0.0647. The molecule has 36 heavy (non-hydrogen) atoms. The van der Waals surface area contributed by atoms with E-state index in [-0.39, 0.29) is 17.1 Å². The second kappa shape index (κ2) is 12.2. The van der Waals surface area contributed by atoms with Gasteiger partial charge in [0, 0.05) is 25.0 Å². The summed E-state index contributed by atoms with van der Waals surface area (Å²) in [5.74, 6) is 0.0648. The van der Waals surface area contributed by atoms with Crippen LogP contribution in [0.1, 0.15) is 52.2 Å². The molecule has 4 heteroatoms. The number of nitrogens with one attached hydrogen (secondary N) is 1. The number of hydrogen-bond acceptors (Lipinski definition) is 3. The third-order valence-electron chi connectivity index (χ3n) is 6.32. The number of hydrogen-bond donors (Lipinski definition) is 2. The number of pyridine rings is 1. The lowest BCUT2D eigenvalue weighted by Crippen LogP contribution is -2.20. The molecular formula is C32H36N2O2. The third-order valence-corrected chi connectivity index (χ3v) is 6.32. The average Bonchev–Trinajstić information content (AvgIpc) is 2.84. The maximum Gasteiger partial charge on any atom is 0.244 e. The van der Waals surface area contributed by atoms with E-state index in [1.807, 2.05) is 37.4 Å². The molecule has 0 aliphatic heterocycles. The number of aromatic nitrogens is 1. The highest BCUT2D eigenvalue weighted by atomic mass is 16.3. The lowest BCUT2D eigenvalue weighted by Gasteiger charge is -2.32. The first kappa shape index (κ1) is 26.7. The number of carbonyl (C=O) groups is 1. The van der Waals surface area contributed by atoms with Crippen LogP contribution in [0.3, 0.4) is 0 Å². The molecule has 1 aliphatic rings. The summed E-state index contributed by atoms with van der Waals surface area (Å²) in [6.07, 6.45) is 18.9. The van der Waals surface area contributed by atoms with Gasteiger partial charge in [-0.25, -0.2) is 0 Å². The molecule has 2 N–H and O–H groups in total. The van der Waals surface area contributed by atoms with Crippen LogP contribution in [-0.2, 0) is 11.3 Å². The minimum atomic E-state index is -0.148. The Kier molecular flexibility index (Phi) is 9.02. The zero-order valence-electron chi connectivity index (χ0n) is 21.9. The Bertz CT molecular complexity index is 1250. The van der Waals surface area contributed by atoms with Crippen molar-refractivity contribution in [2.45, 2.75) is 47.6 Å². The molecule has 4 nitrogen and oxygen atoms in total. The summed E-state index contributed by atoms with van der Waals surface area (Å²) < 4.78 is 0. The number of rotatable bonds is 8. The van der Waals surface area contributed by atoms with Crippen molar-refractivity contribution in [3.8, 4) is 5.75 Å². The van der Waals surface area contributed by atoms with Crippen molar-refractivity contribution in [2.24, 2.45) is 5.41 Å². The molecule has 0 atom stereocenters. The lowest BCUT2D eigenvalue weighted by molar-refractivity contribution is -0.116. The van der Waals surface area contributed by atoms with Gasteiger partial charge in [0.25, 0.3) is 0 Å². The van der Waals surface area contributed by atoms with E-state index in [2.05, 4.69) is 62.3 Å². The van der Waals surface area contributed by atoms with Gasteiger partial charge in [-0.1, -0.05) is 74.1 Å². The summed E-state index contributed by atoms with van der Waals surface area (Å²) in [6, 6.07) is 10.9. The summed E-state index contributed by atoms with van der Waals surface area (Å²) in [7, 11) is 0. The summed E-state index contributed by atoms with van der Waals surface area (Å²) in [4.78, 5) is 16.5. The molecule has 1 amide bonds. The van der Waals surface area contributed by atoms with E-state index >= 15 is 0 Å². The normalized spacial score (nSPS) is 16.5. The Labute approximate surface area is 215 Å². The summed E-state index contributed by atoms with van der Waals surface area (Å²) in [5, 5.41) is 12.2. The summed E-state index contributed by atoms with van der Waals surface area (Å²) >= 11 is 0. The molecule has 3 rings (SSSR count). The van der Waals surface area contributed by atoms with Crippen LogP contribution in [0.15, 0.2) is 114 Å². The molecule has 0 unspecified atom stereocenters. The molecule has 0 fully saturated rings. The van der Waals surface area contributed by atoms with Crippen molar-refractivity contribution in [1.29, 1.82) is 0 Å². The number of phenolic OH excluding ortho intramolecular Hbond substituents is 1. The number of amides is 1. The second-order valence-electron chi connectivity index (χ2n) is 9.86. The van der Waals surface area contributed by atoms with E-state index in [0.717, 1.165) is 28.7 Å². The first-order valence-electron chi connectivity index (χ1n) is 12.2. The highest BCUT2D eigenvalue weighted by Crippen LogP contribution is 2.43. The third kappa shape index (κ3) is 7.54. The molecule has 1 aliphatic carbocycles. The summed E-state index contributed by atoms with van der Waals surface area (Å²) in [5.41, 5.74) is 8.03. The van der Waals surface area contributed by atoms with Crippen LogP contribution < -0.4 is 5.32 Å². The van der Waals surface area contributed by atoms with Gasteiger partial charge in [-0.2, -0.15) is 0 Å². The van der Waals surface area contributed by atoms with Crippen LogP contribution in [0.4, 0.5) is 0 Å². The van der Waals surface area contributed by atoms with Gasteiger partial charge in [-0.05, 0) is 84.2 Å². The smallest absolute Gasteiger partial charge is 0.244 e. The minimum Gasteiger partial charge on any atom is -0.508 e. The average molecular weight is 481 g/mol. The van der Waals surface area contributed by atoms with Crippen LogP contribution in [0, 0.1) is 5.41 Å². The molecule has 1 aromatic carbocycles. The highest BCUT2D eigenvalue weighted by molar-refractivity contribution is 5.88. The maximum absolute atomic E-state index is 12.2. The molecule has 1 heterocycles. The Balaban J connectivity index is 1.63. The largest absolute Gasteiger partial charge is 0.508 e. The number of phenols is 1. The predicted octanol–water partition coefficient (Wildman–Crippen LogP) is 7.24. The number of nitrogens with zero attached hydrogens (tertiary/aromatic N) is 1. The number of benzene rings is 1. The van der Waals surface area contributed by atoms with E-state index in [0.29, 0.717) is 6.54 Å². The molecule has 0 saturated carbocycles. The van der Waals surface area contributed by atoms with Crippen LogP contribution in [0.5, 0.6) is 5.75 Å². The Morgan fingerprint density at radius 1 is 1.11 bits per heavy atom. The number of carbonyl (C=O) groups excluding carboxylic acids is 1. The van der Waals surface area contributed by atoms with E-state index in [4.69, 9.17) is 0 Å². The van der Waals surface area contributed by atoms with Gasteiger partial charge in [0.1, 0.15) is 5.75 Å². The fraction of sp³-hybridized carbons (Fsp3) is 0.250. The Morgan fingerprint density at radius 3 is 2.56 bits per heavy atom. The second-order valence-corrected chi connectivity index (χ2v) is 9.86. The van der Waals surface area contributed by atoms with Gasteiger partial charge in [0.15, 0.2) is 0 Å². The van der Waals surface area contributed by atoms with Crippen molar-refractivity contribution in [3.63, 3.8) is 0 Å². The van der Waals surface area contributed by atoms with E-state index in [9.17, 15) is 9.90 Å². The van der Waals surface area contributed by atoms with Gasteiger partial charge in [-0.15, -0.1) is 0 Å². The zero-order valence-corrected chi connectivity index (χ0v) is 21.9. The fourth-order valence-corrected chi connectivity index (χ4v) is 4.21. The monoisotopic (exact) mass is 480 g/mol. The fourth-order valence-electron chi connectivity index (χ4n) is 4.21. The van der Waals surface area contributed by atoms with Crippen molar-refractivity contribution in [3.05, 3.63) is 125 Å². The number of aromatic hydroxyl groups is 1. The SMILES string of the molecule is CC1=C(/C=C/C(C)=C/C=C/C(C)=C\C(=O)NCc2ccc(O)cc2)C(C)(C)CC=C1c1cccnc1. The quantitative estimate of drug-likeness (QED) is 0.309.